The Balaban J connectivity index is 2.30. The Bertz CT molecular complexity index is 89.0. The Kier molecular flexibility index (Phi) is 2.41. The third-order valence-corrected chi connectivity index (χ3v) is 1.45. The lowest BCUT2D eigenvalue weighted by molar-refractivity contribution is -0.140. The monoisotopic (exact) mass is 132 g/mol. The van der Waals surface area contributed by atoms with E-state index in [4.69, 9.17) is 9.57 Å². The molecule has 1 fully saturated rings. The van der Waals surface area contributed by atoms with Gasteiger partial charge in [-0.25, -0.2) is 5.43 Å². The molecule has 54 valence electrons. The van der Waals surface area contributed by atoms with E-state index in [1.807, 2.05) is 6.92 Å². The van der Waals surface area contributed by atoms with Gasteiger partial charge in [0, 0.05) is 13.7 Å². The molecule has 4 nitrogen and oxygen atoms in total. The van der Waals surface area contributed by atoms with Gasteiger partial charge in [0.15, 0.2) is 0 Å². The highest BCUT2D eigenvalue weighted by Crippen LogP contribution is 2.01. The van der Waals surface area contributed by atoms with Gasteiger partial charge in [-0.15, -0.1) is 5.59 Å². The highest BCUT2D eigenvalue weighted by atomic mass is 16.7. The second-order valence-electron chi connectivity index (χ2n) is 2.08. The minimum atomic E-state index is 0.122. The van der Waals surface area contributed by atoms with Gasteiger partial charge in [-0.1, -0.05) is 0 Å². The van der Waals surface area contributed by atoms with Gasteiger partial charge in [0.05, 0.1) is 6.10 Å². The Morgan fingerprint density at radius 3 is 2.89 bits per heavy atom. The zero-order chi connectivity index (χ0) is 6.69. The topological polar surface area (TPSA) is 42.5 Å². The van der Waals surface area contributed by atoms with Gasteiger partial charge < -0.3 is 4.74 Å². The van der Waals surface area contributed by atoms with Crippen molar-refractivity contribution in [2.75, 3.05) is 13.7 Å². The molecule has 4 heteroatoms. The summed E-state index contributed by atoms with van der Waals surface area (Å²) in [6, 6.07) is 0. The van der Waals surface area contributed by atoms with Gasteiger partial charge in [-0.05, 0) is 6.92 Å². The van der Waals surface area contributed by atoms with E-state index in [2.05, 4.69) is 11.0 Å². The normalized spacial score (nSPS) is 36.7. The van der Waals surface area contributed by atoms with Crippen LogP contribution in [0.5, 0.6) is 0 Å². The lowest BCUT2D eigenvalue weighted by Crippen LogP contribution is -2.52. The van der Waals surface area contributed by atoms with Crippen molar-refractivity contribution in [1.29, 1.82) is 0 Å². The van der Waals surface area contributed by atoms with Gasteiger partial charge in [-0.2, -0.15) is 0 Å². The van der Waals surface area contributed by atoms with E-state index >= 15 is 0 Å². The second-order valence-corrected chi connectivity index (χ2v) is 2.08. The number of hydrogen-bond donors (Lipinski definition) is 2. The fourth-order valence-electron chi connectivity index (χ4n) is 0.794. The molecule has 1 rings (SSSR count). The Hall–Kier alpha value is -0.160. The molecule has 9 heavy (non-hydrogen) atoms. The maximum Gasteiger partial charge on any atom is 0.105 e. The van der Waals surface area contributed by atoms with Gasteiger partial charge in [-0.3, -0.25) is 4.84 Å². The fraction of sp³-hybridized carbons (Fsp3) is 1.00. The molecule has 0 aromatic rings. The van der Waals surface area contributed by atoms with Crippen molar-refractivity contribution < 1.29 is 9.57 Å². The predicted molar refractivity (Wildman–Crippen MR) is 32.5 cm³/mol. The standard InChI is InChI=1S/C5H12N2O2/c1-4-5(8-2)3-6-7-9-4/h4-7H,3H2,1-2H3. The number of hydrogen-bond acceptors (Lipinski definition) is 4. The molecule has 0 spiro atoms. The molecule has 1 aliphatic heterocycles. The highest BCUT2D eigenvalue weighted by molar-refractivity contribution is 4.68. The molecule has 0 amide bonds. The lowest BCUT2D eigenvalue weighted by Gasteiger charge is -2.28. The molecular weight excluding hydrogens is 120 g/mol. The molecule has 0 aliphatic carbocycles. The van der Waals surface area contributed by atoms with Gasteiger partial charge in [0.2, 0.25) is 0 Å². The summed E-state index contributed by atoms with van der Waals surface area (Å²) in [5.41, 5.74) is 5.39. The number of hydrazine groups is 1. The molecule has 0 saturated carbocycles. The lowest BCUT2D eigenvalue weighted by atomic mass is 10.2. The molecule has 0 aromatic carbocycles. The first-order valence-electron chi connectivity index (χ1n) is 3.01. The van der Waals surface area contributed by atoms with Crippen LogP contribution in [-0.2, 0) is 9.57 Å². The zero-order valence-corrected chi connectivity index (χ0v) is 5.68. The fourth-order valence-corrected chi connectivity index (χ4v) is 0.794. The summed E-state index contributed by atoms with van der Waals surface area (Å²) in [5, 5.41) is 0. The molecule has 1 saturated heterocycles. The van der Waals surface area contributed by atoms with Crippen molar-refractivity contribution in [1.82, 2.24) is 11.0 Å². The van der Waals surface area contributed by atoms with E-state index in [9.17, 15) is 0 Å². The van der Waals surface area contributed by atoms with Crippen LogP contribution in [0, 0.1) is 0 Å². The molecule has 2 unspecified atom stereocenters. The van der Waals surface area contributed by atoms with Gasteiger partial charge >= 0.3 is 0 Å². The van der Waals surface area contributed by atoms with Crippen molar-refractivity contribution in [2.45, 2.75) is 19.1 Å². The minimum Gasteiger partial charge on any atom is -0.377 e. The number of ether oxygens (including phenoxy) is 1. The van der Waals surface area contributed by atoms with E-state index in [0.717, 1.165) is 6.54 Å². The van der Waals surface area contributed by atoms with E-state index in [1.165, 1.54) is 0 Å². The molecule has 1 heterocycles. The average Bonchev–Trinajstić information content (AvgIpc) is 1.89. The Morgan fingerprint density at radius 1 is 1.67 bits per heavy atom. The Morgan fingerprint density at radius 2 is 2.44 bits per heavy atom. The second kappa shape index (κ2) is 3.12. The number of rotatable bonds is 1. The van der Waals surface area contributed by atoms with Crippen LogP contribution in [0.15, 0.2) is 0 Å². The Labute approximate surface area is 54.4 Å². The van der Waals surface area contributed by atoms with Crippen LogP contribution in [0.25, 0.3) is 0 Å². The van der Waals surface area contributed by atoms with Crippen molar-refractivity contribution >= 4 is 0 Å². The van der Waals surface area contributed by atoms with Crippen molar-refractivity contribution in [3.8, 4) is 0 Å². The van der Waals surface area contributed by atoms with Crippen molar-refractivity contribution in [2.24, 2.45) is 0 Å². The molecule has 2 atom stereocenters. The van der Waals surface area contributed by atoms with E-state index in [-0.39, 0.29) is 12.2 Å². The largest absolute Gasteiger partial charge is 0.377 e. The molecular formula is C5H12N2O2. The molecule has 1 aliphatic rings. The maximum atomic E-state index is 5.08. The molecule has 0 radical (unpaired) electrons. The van der Waals surface area contributed by atoms with Gasteiger partial charge in [0.1, 0.15) is 6.10 Å². The minimum absolute atomic E-state index is 0.122. The predicted octanol–water partition coefficient (Wildman–Crippen LogP) is -0.571. The van der Waals surface area contributed by atoms with E-state index in [0.29, 0.717) is 0 Å². The first-order chi connectivity index (χ1) is 4.34. The summed E-state index contributed by atoms with van der Waals surface area (Å²) in [6.45, 7) is 2.75. The number of methoxy groups -OCH3 is 1. The van der Waals surface area contributed by atoms with Crippen LogP contribution in [0.4, 0.5) is 0 Å². The molecule has 0 bridgehead atoms. The maximum absolute atomic E-state index is 5.08. The first-order valence-corrected chi connectivity index (χ1v) is 3.01. The van der Waals surface area contributed by atoms with Crippen LogP contribution in [-0.4, -0.2) is 25.9 Å². The zero-order valence-electron chi connectivity index (χ0n) is 5.68. The van der Waals surface area contributed by atoms with Crippen LogP contribution in [0.1, 0.15) is 6.92 Å². The third-order valence-electron chi connectivity index (χ3n) is 1.45. The summed E-state index contributed by atoms with van der Waals surface area (Å²) in [6.07, 6.45) is 0.280. The summed E-state index contributed by atoms with van der Waals surface area (Å²) < 4.78 is 5.08. The average molecular weight is 132 g/mol. The van der Waals surface area contributed by atoms with Gasteiger partial charge in [0.25, 0.3) is 0 Å². The van der Waals surface area contributed by atoms with E-state index < -0.39 is 0 Å². The highest BCUT2D eigenvalue weighted by Gasteiger charge is 2.20. The summed E-state index contributed by atoms with van der Waals surface area (Å²) in [5.74, 6) is 0. The smallest absolute Gasteiger partial charge is 0.105 e. The van der Waals surface area contributed by atoms with Crippen molar-refractivity contribution in [3.63, 3.8) is 0 Å². The van der Waals surface area contributed by atoms with Crippen LogP contribution in [0.2, 0.25) is 0 Å². The summed E-state index contributed by atoms with van der Waals surface area (Å²) in [4.78, 5) is 5.00. The molecule has 0 aromatic heterocycles. The van der Waals surface area contributed by atoms with Crippen LogP contribution >= 0.6 is 0 Å². The molecule has 2 N–H and O–H groups in total. The first kappa shape index (κ1) is 6.95. The van der Waals surface area contributed by atoms with E-state index in [1.54, 1.807) is 7.11 Å². The van der Waals surface area contributed by atoms with Crippen LogP contribution < -0.4 is 11.0 Å². The quantitative estimate of drug-likeness (QED) is 0.501. The number of nitrogens with one attached hydrogen (secondary N) is 2. The summed E-state index contributed by atoms with van der Waals surface area (Å²) >= 11 is 0. The third kappa shape index (κ3) is 1.62. The summed E-state index contributed by atoms with van der Waals surface area (Å²) in [7, 11) is 1.68. The van der Waals surface area contributed by atoms with Crippen molar-refractivity contribution in [3.05, 3.63) is 0 Å². The van der Waals surface area contributed by atoms with Crippen LogP contribution in [0.3, 0.4) is 0 Å². The SMILES string of the molecule is COC1CNNOC1C.